The number of imidazole rings is 1. The Hall–Kier alpha value is -2.41. The van der Waals surface area contributed by atoms with Crippen molar-refractivity contribution in [2.75, 3.05) is 5.32 Å². The molecule has 0 atom stereocenters. The molecule has 7 nitrogen and oxygen atoms in total. The number of nitro benzene ring substituents is 1. The predicted octanol–water partition coefficient (Wildman–Crippen LogP) is 2.08. The van der Waals surface area contributed by atoms with Gasteiger partial charge in [-0.25, -0.2) is 4.98 Å². The van der Waals surface area contributed by atoms with Gasteiger partial charge in [0.25, 0.3) is 5.69 Å². The molecule has 0 aliphatic heterocycles. The lowest BCUT2D eigenvalue weighted by molar-refractivity contribution is -0.383. The van der Waals surface area contributed by atoms with Crippen molar-refractivity contribution in [1.29, 1.82) is 0 Å². The lowest BCUT2D eigenvalue weighted by Gasteiger charge is -2.06. The number of benzene rings is 1. The van der Waals surface area contributed by atoms with Gasteiger partial charge in [0.05, 0.1) is 4.92 Å². The number of nitro groups is 1. The van der Waals surface area contributed by atoms with Crippen LogP contribution in [-0.4, -0.2) is 20.4 Å². The van der Waals surface area contributed by atoms with Crippen molar-refractivity contribution in [3.05, 3.63) is 52.1 Å². The Kier molecular flexibility index (Phi) is 3.76. The number of hydrogen-bond donors (Lipinski definition) is 1. The van der Waals surface area contributed by atoms with Crippen molar-refractivity contribution >= 4 is 28.9 Å². The molecule has 2 rings (SSSR count). The molecule has 0 saturated heterocycles. The van der Waals surface area contributed by atoms with E-state index in [4.69, 9.17) is 11.6 Å². The Balaban J connectivity index is 2.11. The van der Waals surface area contributed by atoms with Crippen LogP contribution in [0, 0.1) is 10.1 Å². The molecule has 1 heterocycles. The molecule has 0 bridgehead atoms. The highest BCUT2D eigenvalue weighted by molar-refractivity contribution is 6.28. The first-order valence-corrected chi connectivity index (χ1v) is 5.65. The van der Waals surface area contributed by atoms with Gasteiger partial charge in [-0.3, -0.25) is 14.9 Å². The predicted molar refractivity (Wildman–Crippen MR) is 69.0 cm³/mol. The molecule has 1 aromatic carbocycles. The Morgan fingerprint density at radius 3 is 2.84 bits per heavy atom. The molecule has 0 fully saturated rings. The van der Waals surface area contributed by atoms with Gasteiger partial charge in [-0.1, -0.05) is 12.1 Å². The molecule has 1 N–H and O–H groups in total. The van der Waals surface area contributed by atoms with Gasteiger partial charge in [-0.05, 0) is 17.7 Å². The number of aromatic nitrogens is 2. The molecule has 0 aliphatic rings. The number of anilines is 1. The molecule has 19 heavy (non-hydrogen) atoms. The van der Waals surface area contributed by atoms with Gasteiger partial charge in [0, 0.05) is 18.5 Å². The van der Waals surface area contributed by atoms with Crippen LogP contribution in [0.25, 0.3) is 0 Å². The largest absolute Gasteiger partial charge is 0.319 e. The summed E-state index contributed by atoms with van der Waals surface area (Å²) in [6.45, 7) is -0.0646. The van der Waals surface area contributed by atoms with Gasteiger partial charge in [0.1, 0.15) is 12.2 Å². The molecule has 0 radical (unpaired) electrons. The number of carbonyl (C=O) groups is 1. The smallest absolute Gasteiger partial charge is 0.292 e. The van der Waals surface area contributed by atoms with Crippen molar-refractivity contribution in [3.8, 4) is 0 Å². The Bertz CT molecular complexity index is 626. The lowest BCUT2D eigenvalue weighted by Crippen LogP contribution is -2.19. The second kappa shape index (κ2) is 5.49. The SMILES string of the molecule is O=C(Cn1ccnc1Cl)Nc1ccccc1[N+](=O)[O-]. The highest BCUT2D eigenvalue weighted by Crippen LogP contribution is 2.23. The molecule has 0 saturated carbocycles. The van der Waals surface area contributed by atoms with E-state index >= 15 is 0 Å². The highest BCUT2D eigenvalue weighted by atomic mass is 35.5. The van der Waals surface area contributed by atoms with Crippen LogP contribution in [0.15, 0.2) is 36.7 Å². The standard InChI is InChI=1S/C11H9ClN4O3/c12-11-13-5-6-15(11)7-10(17)14-8-3-1-2-4-9(8)16(18)19/h1-6H,7H2,(H,14,17). The van der Waals surface area contributed by atoms with Gasteiger partial charge >= 0.3 is 0 Å². The van der Waals surface area contributed by atoms with Crippen LogP contribution in [0.2, 0.25) is 5.28 Å². The molecule has 1 amide bonds. The van der Waals surface area contributed by atoms with E-state index in [2.05, 4.69) is 10.3 Å². The maximum Gasteiger partial charge on any atom is 0.292 e. The summed E-state index contributed by atoms with van der Waals surface area (Å²) in [5, 5.41) is 13.4. The Morgan fingerprint density at radius 2 is 2.21 bits per heavy atom. The fourth-order valence-electron chi connectivity index (χ4n) is 1.51. The number of para-hydroxylation sites is 2. The van der Waals surface area contributed by atoms with Gasteiger partial charge in [-0.15, -0.1) is 0 Å². The number of rotatable bonds is 4. The van der Waals surface area contributed by atoms with E-state index in [-0.39, 0.29) is 23.2 Å². The van der Waals surface area contributed by atoms with Crippen LogP contribution < -0.4 is 5.32 Å². The summed E-state index contributed by atoms with van der Waals surface area (Å²) < 4.78 is 1.42. The minimum Gasteiger partial charge on any atom is -0.319 e. The molecule has 0 unspecified atom stereocenters. The van der Waals surface area contributed by atoms with Gasteiger partial charge in [0.15, 0.2) is 0 Å². The first kappa shape index (κ1) is 13.0. The third kappa shape index (κ3) is 3.08. The maximum atomic E-state index is 11.8. The molecule has 2 aromatic rings. The summed E-state index contributed by atoms with van der Waals surface area (Å²) in [6.07, 6.45) is 3.00. The number of carbonyl (C=O) groups excluding carboxylic acids is 1. The fourth-order valence-corrected chi connectivity index (χ4v) is 1.68. The van der Waals surface area contributed by atoms with E-state index in [1.165, 1.54) is 29.0 Å². The van der Waals surface area contributed by atoms with Crippen LogP contribution in [0.4, 0.5) is 11.4 Å². The van der Waals surface area contributed by atoms with E-state index in [1.807, 2.05) is 0 Å². The molecule has 8 heteroatoms. The number of amides is 1. The van der Waals surface area contributed by atoms with Crippen molar-refractivity contribution in [3.63, 3.8) is 0 Å². The topological polar surface area (TPSA) is 90.1 Å². The summed E-state index contributed by atoms with van der Waals surface area (Å²) in [6, 6.07) is 5.92. The van der Waals surface area contributed by atoms with Crippen molar-refractivity contribution in [2.24, 2.45) is 0 Å². The van der Waals surface area contributed by atoms with Crippen LogP contribution in [0.1, 0.15) is 0 Å². The fraction of sp³-hybridized carbons (Fsp3) is 0.0909. The molecule has 98 valence electrons. The van der Waals surface area contributed by atoms with E-state index in [0.29, 0.717) is 0 Å². The molecular formula is C11H9ClN4O3. The van der Waals surface area contributed by atoms with E-state index in [0.717, 1.165) is 0 Å². The van der Waals surface area contributed by atoms with Crippen LogP contribution in [-0.2, 0) is 11.3 Å². The normalized spacial score (nSPS) is 10.2. The molecule has 0 aliphatic carbocycles. The van der Waals surface area contributed by atoms with E-state index in [1.54, 1.807) is 12.3 Å². The first-order chi connectivity index (χ1) is 9.08. The summed E-state index contributed by atoms with van der Waals surface area (Å²) in [4.78, 5) is 25.8. The van der Waals surface area contributed by atoms with Crippen LogP contribution in [0.3, 0.4) is 0 Å². The maximum absolute atomic E-state index is 11.8. The second-order valence-corrected chi connectivity index (χ2v) is 3.98. The number of halogens is 1. The first-order valence-electron chi connectivity index (χ1n) is 5.28. The average molecular weight is 281 g/mol. The third-order valence-corrected chi connectivity index (χ3v) is 2.67. The minimum atomic E-state index is -0.556. The molecule has 1 aromatic heterocycles. The van der Waals surface area contributed by atoms with Gasteiger partial charge in [-0.2, -0.15) is 0 Å². The molecular weight excluding hydrogens is 272 g/mol. The summed E-state index contributed by atoms with van der Waals surface area (Å²) >= 11 is 5.73. The molecule has 0 spiro atoms. The summed E-state index contributed by atoms with van der Waals surface area (Å²) in [5.41, 5.74) is -0.0127. The zero-order chi connectivity index (χ0) is 13.8. The summed E-state index contributed by atoms with van der Waals surface area (Å²) in [7, 11) is 0. The third-order valence-electron chi connectivity index (χ3n) is 2.35. The monoisotopic (exact) mass is 280 g/mol. The van der Waals surface area contributed by atoms with Crippen LogP contribution in [0.5, 0.6) is 0 Å². The number of hydrogen-bond acceptors (Lipinski definition) is 4. The van der Waals surface area contributed by atoms with E-state index < -0.39 is 10.8 Å². The number of nitrogens with one attached hydrogen (secondary N) is 1. The zero-order valence-corrected chi connectivity index (χ0v) is 10.4. The second-order valence-electron chi connectivity index (χ2n) is 3.65. The highest BCUT2D eigenvalue weighted by Gasteiger charge is 2.15. The van der Waals surface area contributed by atoms with Crippen molar-refractivity contribution < 1.29 is 9.72 Å². The van der Waals surface area contributed by atoms with Gasteiger partial charge < -0.3 is 9.88 Å². The Morgan fingerprint density at radius 1 is 1.47 bits per heavy atom. The zero-order valence-electron chi connectivity index (χ0n) is 9.62. The van der Waals surface area contributed by atoms with E-state index in [9.17, 15) is 14.9 Å². The summed E-state index contributed by atoms with van der Waals surface area (Å²) in [5.74, 6) is -0.422. The Labute approximate surface area is 113 Å². The average Bonchev–Trinajstić information content (AvgIpc) is 2.75. The van der Waals surface area contributed by atoms with Crippen molar-refractivity contribution in [2.45, 2.75) is 6.54 Å². The lowest BCUT2D eigenvalue weighted by atomic mass is 10.2. The van der Waals surface area contributed by atoms with Gasteiger partial charge in [0.2, 0.25) is 11.2 Å². The van der Waals surface area contributed by atoms with Crippen LogP contribution >= 0.6 is 11.6 Å². The minimum absolute atomic E-state index is 0.0646. The number of nitrogens with zero attached hydrogens (tertiary/aromatic N) is 3. The van der Waals surface area contributed by atoms with Crippen molar-refractivity contribution in [1.82, 2.24) is 9.55 Å². The quantitative estimate of drug-likeness (QED) is 0.686.